The van der Waals surface area contributed by atoms with Gasteiger partial charge >= 0.3 is 5.97 Å². The molecule has 1 aromatic rings. The number of non-ortho nitro benzene ring substituents is 1. The Morgan fingerprint density at radius 3 is 2.26 bits per heavy atom. The number of ether oxygens (including phenoxy) is 1. The van der Waals surface area contributed by atoms with Gasteiger partial charge in [-0.3, -0.25) is 19.7 Å². The number of amides is 2. The van der Waals surface area contributed by atoms with Crippen molar-refractivity contribution in [1.82, 2.24) is 10.2 Å². The smallest absolute Gasteiger partial charge is 0.328 e. The SMILES string of the molecule is CC(C)N(C(=O)COC(=O)[C@H](C)NC(=O)c1cccc([N+](=O)[O-])c1)C(C)C. The van der Waals surface area contributed by atoms with Crippen LogP contribution in [-0.2, 0) is 14.3 Å². The molecular weight excluding hydrogens is 354 g/mol. The molecule has 0 aliphatic carbocycles. The van der Waals surface area contributed by atoms with Crippen molar-refractivity contribution >= 4 is 23.5 Å². The lowest BCUT2D eigenvalue weighted by Crippen LogP contribution is -2.45. The summed E-state index contributed by atoms with van der Waals surface area (Å²) in [7, 11) is 0. The summed E-state index contributed by atoms with van der Waals surface area (Å²) in [5.74, 6) is -1.75. The topological polar surface area (TPSA) is 119 Å². The highest BCUT2D eigenvalue weighted by molar-refractivity contribution is 5.97. The summed E-state index contributed by atoms with van der Waals surface area (Å²) in [5.41, 5.74) is -0.184. The van der Waals surface area contributed by atoms with Crippen LogP contribution in [0.3, 0.4) is 0 Å². The predicted molar refractivity (Wildman–Crippen MR) is 98.1 cm³/mol. The van der Waals surface area contributed by atoms with Crippen molar-refractivity contribution in [2.75, 3.05) is 6.61 Å². The van der Waals surface area contributed by atoms with E-state index in [1.54, 1.807) is 4.90 Å². The average molecular weight is 379 g/mol. The molecule has 0 fully saturated rings. The number of hydrogen-bond acceptors (Lipinski definition) is 6. The van der Waals surface area contributed by atoms with Gasteiger partial charge in [-0.05, 0) is 40.7 Å². The number of rotatable bonds is 8. The third kappa shape index (κ3) is 6.36. The highest BCUT2D eigenvalue weighted by Crippen LogP contribution is 2.13. The maximum absolute atomic E-state index is 12.2. The number of carbonyl (C=O) groups is 3. The molecule has 0 heterocycles. The monoisotopic (exact) mass is 379 g/mol. The van der Waals surface area contributed by atoms with Crippen molar-refractivity contribution in [2.24, 2.45) is 0 Å². The lowest BCUT2D eigenvalue weighted by molar-refractivity contribution is -0.384. The third-order valence-corrected chi connectivity index (χ3v) is 3.76. The molecule has 0 unspecified atom stereocenters. The second-order valence-electron chi connectivity index (χ2n) is 6.60. The summed E-state index contributed by atoms with van der Waals surface area (Å²) in [6, 6.07) is 4.05. The summed E-state index contributed by atoms with van der Waals surface area (Å²) in [4.78, 5) is 48.1. The van der Waals surface area contributed by atoms with Crippen molar-refractivity contribution in [2.45, 2.75) is 52.7 Å². The second-order valence-corrected chi connectivity index (χ2v) is 6.60. The van der Waals surface area contributed by atoms with Crippen molar-refractivity contribution in [3.8, 4) is 0 Å². The first-order valence-corrected chi connectivity index (χ1v) is 8.57. The van der Waals surface area contributed by atoms with Gasteiger partial charge in [-0.25, -0.2) is 4.79 Å². The lowest BCUT2D eigenvalue weighted by Gasteiger charge is -2.30. The Morgan fingerprint density at radius 1 is 1.15 bits per heavy atom. The van der Waals surface area contributed by atoms with E-state index in [-0.39, 0.29) is 29.2 Å². The van der Waals surface area contributed by atoms with Crippen LogP contribution < -0.4 is 5.32 Å². The number of carbonyl (C=O) groups excluding carboxylic acids is 3. The van der Waals surface area contributed by atoms with Crippen molar-refractivity contribution in [3.05, 3.63) is 39.9 Å². The molecule has 9 heteroatoms. The zero-order chi connectivity index (χ0) is 20.7. The summed E-state index contributed by atoms with van der Waals surface area (Å²) in [5, 5.41) is 13.2. The molecule has 0 radical (unpaired) electrons. The summed E-state index contributed by atoms with van der Waals surface area (Å²) in [6.45, 7) is 8.43. The quantitative estimate of drug-likeness (QED) is 0.419. The zero-order valence-corrected chi connectivity index (χ0v) is 16.1. The van der Waals surface area contributed by atoms with Crippen LogP contribution in [0.2, 0.25) is 0 Å². The number of nitrogens with one attached hydrogen (secondary N) is 1. The largest absolute Gasteiger partial charge is 0.454 e. The fourth-order valence-corrected chi connectivity index (χ4v) is 2.60. The van der Waals surface area contributed by atoms with Gasteiger partial charge in [0.25, 0.3) is 17.5 Å². The molecule has 2 amide bonds. The predicted octanol–water partition coefficient (Wildman–Crippen LogP) is 1.90. The van der Waals surface area contributed by atoms with Gasteiger partial charge in [0, 0.05) is 29.8 Å². The van der Waals surface area contributed by atoms with Gasteiger partial charge in [0.2, 0.25) is 0 Å². The molecule has 0 saturated heterocycles. The molecule has 0 aliphatic rings. The Morgan fingerprint density at radius 2 is 1.74 bits per heavy atom. The van der Waals surface area contributed by atoms with E-state index in [1.807, 2.05) is 27.7 Å². The molecule has 148 valence electrons. The van der Waals surface area contributed by atoms with Crippen LogP contribution in [-0.4, -0.2) is 52.3 Å². The van der Waals surface area contributed by atoms with Crippen molar-refractivity contribution in [1.29, 1.82) is 0 Å². The molecule has 0 aromatic heterocycles. The first kappa shape index (κ1) is 22.1. The van der Waals surface area contributed by atoms with E-state index in [2.05, 4.69) is 5.32 Å². The maximum atomic E-state index is 12.2. The number of nitro benzene ring substituents is 1. The fraction of sp³-hybridized carbons (Fsp3) is 0.500. The maximum Gasteiger partial charge on any atom is 0.328 e. The normalized spacial score (nSPS) is 11.8. The van der Waals surface area contributed by atoms with Crippen LogP contribution in [0.25, 0.3) is 0 Å². The molecule has 0 saturated carbocycles. The lowest BCUT2D eigenvalue weighted by atomic mass is 10.2. The van der Waals surface area contributed by atoms with Crippen molar-refractivity contribution in [3.63, 3.8) is 0 Å². The number of benzene rings is 1. The van der Waals surface area contributed by atoms with Gasteiger partial charge in [0.1, 0.15) is 6.04 Å². The zero-order valence-electron chi connectivity index (χ0n) is 16.1. The van der Waals surface area contributed by atoms with E-state index in [9.17, 15) is 24.5 Å². The minimum absolute atomic E-state index is 0.0396. The van der Waals surface area contributed by atoms with Gasteiger partial charge in [-0.1, -0.05) is 6.07 Å². The number of nitrogens with zero attached hydrogens (tertiary/aromatic N) is 2. The van der Waals surface area contributed by atoms with Crippen LogP contribution in [0.5, 0.6) is 0 Å². The van der Waals surface area contributed by atoms with Crippen LogP contribution in [0.1, 0.15) is 45.0 Å². The average Bonchev–Trinajstić information content (AvgIpc) is 2.58. The number of esters is 1. The molecule has 1 aromatic carbocycles. The Bertz CT molecular complexity index is 709. The summed E-state index contributed by atoms with van der Waals surface area (Å²) in [6.07, 6.45) is 0. The molecule has 27 heavy (non-hydrogen) atoms. The molecule has 0 aliphatic heterocycles. The van der Waals surface area contributed by atoms with Gasteiger partial charge < -0.3 is 15.0 Å². The van der Waals surface area contributed by atoms with Crippen LogP contribution in [0, 0.1) is 10.1 Å². The van der Waals surface area contributed by atoms with Gasteiger partial charge in [-0.15, -0.1) is 0 Å². The molecule has 1 N–H and O–H groups in total. The van der Waals surface area contributed by atoms with Crippen LogP contribution in [0.4, 0.5) is 5.69 Å². The highest BCUT2D eigenvalue weighted by atomic mass is 16.6. The second kappa shape index (κ2) is 9.65. The van der Waals surface area contributed by atoms with E-state index in [0.717, 1.165) is 6.07 Å². The third-order valence-electron chi connectivity index (χ3n) is 3.76. The van der Waals surface area contributed by atoms with E-state index in [0.29, 0.717) is 0 Å². The van der Waals surface area contributed by atoms with E-state index >= 15 is 0 Å². The Hall–Kier alpha value is -2.97. The van der Waals surface area contributed by atoms with Gasteiger partial charge in [0.15, 0.2) is 6.61 Å². The molecule has 1 atom stereocenters. The van der Waals surface area contributed by atoms with Crippen molar-refractivity contribution < 1.29 is 24.0 Å². The van der Waals surface area contributed by atoms with Gasteiger partial charge in [0.05, 0.1) is 4.92 Å². The number of hydrogen-bond donors (Lipinski definition) is 1. The Balaban J connectivity index is 2.64. The summed E-state index contributed by atoms with van der Waals surface area (Å²) < 4.78 is 4.99. The Kier molecular flexibility index (Phi) is 7.89. The first-order valence-electron chi connectivity index (χ1n) is 8.57. The van der Waals surface area contributed by atoms with Gasteiger partial charge in [-0.2, -0.15) is 0 Å². The number of nitro groups is 1. The molecule has 0 spiro atoms. The first-order chi connectivity index (χ1) is 12.5. The molecule has 9 nitrogen and oxygen atoms in total. The van der Waals surface area contributed by atoms with Crippen LogP contribution in [0.15, 0.2) is 24.3 Å². The summed E-state index contributed by atoms with van der Waals surface area (Å²) >= 11 is 0. The Labute approximate surface area is 157 Å². The van der Waals surface area contributed by atoms with E-state index in [1.165, 1.54) is 25.1 Å². The minimum Gasteiger partial charge on any atom is -0.454 e. The van der Waals surface area contributed by atoms with E-state index < -0.39 is 29.4 Å². The molecular formula is C18H25N3O6. The van der Waals surface area contributed by atoms with Crippen LogP contribution >= 0.6 is 0 Å². The fourth-order valence-electron chi connectivity index (χ4n) is 2.60. The standard InChI is InChI=1S/C18H25N3O6/c1-11(2)20(12(3)4)16(22)10-27-18(24)13(5)19-17(23)14-7-6-8-15(9-14)21(25)26/h6-9,11-13H,10H2,1-5H3,(H,19,23)/t13-/m0/s1. The van der Waals surface area contributed by atoms with E-state index in [4.69, 9.17) is 4.74 Å². The minimum atomic E-state index is -1.02. The molecule has 1 rings (SSSR count). The molecule has 0 bridgehead atoms. The highest BCUT2D eigenvalue weighted by Gasteiger charge is 2.24.